The number of rotatable bonds is 9. The summed E-state index contributed by atoms with van der Waals surface area (Å²) in [4.78, 5) is 16.2. The molecule has 0 aliphatic carbocycles. The number of nitrogens with zero attached hydrogens (tertiary/aromatic N) is 3. The molecule has 3 aliphatic rings. The van der Waals surface area contributed by atoms with Gasteiger partial charge in [-0.15, -0.1) is 0 Å². The molecule has 0 radical (unpaired) electrons. The molecule has 3 aromatic rings. The molecule has 0 bridgehead atoms. The van der Waals surface area contributed by atoms with Crippen molar-refractivity contribution in [1.82, 2.24) is 0 Å². The van der Waals surface area contributed by atoms with Gasteiger partial charge in [-0.05, 0) is 94.6 Å². The lowest BCUT2D eigenvalue weighted by Crippen LogP contribution is -2.26. The summed E-state index contributed by atoms with van der Waals surface area (Å²) in [7, 11) is 0. The number of benzene rings is 3. The van der Waals surface area contributed by atoms with Crippen molar-refractivity contribution in [2.24, 2.45) is 0 Å². The average molecular weight is 548 g/mol. The maximum Gasteiger partial charge on any atom is 0.0407 e. The van der Waals surface area contributed by atoms with E-state index in [2.05, 4.69) is 92.6 Å². The fraction of sp³-hybridized carbons (Fsp3) is 0.419. The topological polar surface area (TPSA) is 9.72 Å². The third-order valence-electron chi connectivity index (χ3n) is 8.18. The van der Waals surface area contributed by atoms with E-state index in [1.807, 2.05) is 35.3 Å². The fourth-order valence-corrected chi connectivity index (χ4v) is 10.2. The summed E-state index contributed by atoms with van der Waals surface area (Å²) in [5.74, 6) is 0.339. The third kappa shape index (κ3) is 3.97. The zero-order valence-corrected chi connectivity index (χ0v) is 25.3. The summed E-state index contributed by atoms with van der Waals surface area (Å²) >= 11 is 6.00. The molecule has 3 aliphatic heterocycles. The Morgan fingerprint density at radius 3 is 0.838 bits per heavy atom. The molecule has 0 unspecified atom stereocenters. The molecule has 0 spiro atoms. The predicted octanol–water partition coefficient (Wildman–Crippen LogP) is 8.80. The second kappa shape index (κ2) is 10.0. The smallest absolute Gasteiger partial charge is 0.0407 e. The van der Waals surface area contributed by atoms with Crippen molar-refractivity contribution in [3.05, 3.63) is 53.1 Å². The minimum Gasteiger partial charge on any atom is -0.372 e. The van der Waals surface area contributed by atoms with Gasteiger partial charge < -0.3 is 14.7 Å². The molecule has 3 aromatic carbocycles. The predicted molar refractivity (Wildman–Crippen MR) is 163 cm³/mol. The Hall–Kier alpha value is -1.89. The SMILES string of the molecule is CCN(CC)c1cc2c3c(c1)Sc1cc(N(CC)CC)cc4c1C3c1c(cc(N(CC)CC)cc1S4)S2. The molecule has 0 saturated heterocycles. The highest BCUT2D eigenvalue weighted by Crippen LogP contribution is 2.64. The van der Waals surface area contributed by atoms with Gasteiger partial charge >= 0.3 is 0 Å². The van der Waals surface area contributed by atoms with Gasteiger partial charge in [0.15, 0.2) is 0 Å². The summed E-state index contributed by atoms with van der Waals surface area (Å²) in [5.41, 5.74) is 8.70. The van der Waals surface area contributed by atoms with Crippen LogP contribution in [0.15, 0.2) is 65.8 Å². The van der Waals surface area contributed by atoms with E-state index in [0.29, 0.717) is 5.92 Å². The van der Waals surface area contributed by atoms with Gasteiger partial charge in [-0.1, -0.05) is 35.3 Å². The largest absolute Gasteiger partial charge is 0.372 e. The molecule has 6 rings (SSSR count). The maximum atomic E-state index is 2.50. The van der Waals surface area contributed by atoms with Gasteiger partial charge in [-0.25, -0.2) is 0 Å². The third-order valence-corrected chi connectivity index (χ3v) is 11.5. The van der Waals surface area contributed by atoms with E-state index in [1.165, 1.54) is 46.4 Å². The van der Waals surface area contributed by atoms with Crippen LogP contribution in [0, 0.1) is 0 Å². The molecular weight excluding hydrogens is 511 g/mol. The summed E-state index contributed by atoms with van der Waals surface area (Å²) in [5, 5.41) is 0. The summed E-state index contributed by atoms with van der Waals surface area (Å²) in [6, 6.07) is 14.8. The summed E-state index contributed by atoms with van der Waals surface area (Å²) in [6.45, 7) is 19.8. The van der Waals surface area contributed by atoms with Crippen LogP contribution < -0.4 is 14.7 Å². The van der Waals surface area contributed by atoms with Gasteiger partial charge in [0.2, 0.25) is 0 Å². The quantitative estimate of drug-likeness (QED) is 0.178. The molecule has 0 fully saturated rings. The fourth-order valence-electron chi connectivity index (χ4n) is 6.22. The molecule has 3 heterocycles. The molecule has 0 N–H and O–H groups in total. The van der Waals surface area contributed by atoms with Crippen LogP contribution in [0.25, 0.3) is 0 Å². The van der Waals surface area contributed by atoms with Crippen LogP contribution in [0.2, 0.25) is 0 Å². The Morgan fingerprint density at radius 2 is 0.649 bits per heavy atom. The standard InChI is InChI=1S/C31H37N3S3/c1-7-32(8-2)19-13-22-28-23(14-19)36-25-16-21(34(11-5)12-6)18-27-30(25)31(28)29-24(35-22)15-20(17-26(29)37-27)33(9-3)10-4/h13-18,31H,7-12H2,1-6H3. The summed E-state index contributed by atoms with van der Waals surface area (Å²) in [6.07, 6.45) is 0. The van der Waals surface area contributed by atoms with Gasteiger partial charge in [0, 0.05) is 91.6 Å². The van der Waals surface area contributed by atoms with Gasteiger partial charge in [0.25, 0.3) is 0 Å². The average Bonchev–Trinajstić information content (AvgIpc) is 2.90. The summed E-state index contributed by atoms with van der Waals surface area (Å²) < 4.78 is 0. The first kappa shape index (κ1) is 25.4. The van der Waals surface area contributed by atoms with Crippen molar-refractivity contribution in [3.63, 3.8) is 0 Å². The van der Waals surface area contributed by atoms with E-state index >= 15 is 0 Å². The molecule has 0 aromatic heterocycles. The first-order valence-electron chi connectivity index (χ1n) is 13.9. The molecule has 0 atom stereocenters. The van der Waals surface area contributed by atoms with E-state index in [1.54, 1.807) is 16.7 Å². The van der Waals surface area contributed by atoms with Crippen molar-refractivity contribution in [1.29, 1.82) is 0 Å². The molecule has 0 amide bonds. The Morgan fingerprint density at radius 1 is 0.432 bits per heavy atom. The number of hydrogen-bond donors (Lipinski definition) is 0. The Labute approximate surface area is 235 Å². The van der Waals surface area contributed by atoms with Gasteiger partial charge in [-0.2, -0.15) is 0 Å². The minimum absolute atomic E-state index is 0.339. The van der Waals surface area contributed by atoms with E-state index in [0.717, 1.165) is 39.3 Å². The van der Waals surface area contributed by atoms with Crippen LogP contribution in [0.3, 0.4) is 0 Å². The first-order valence-corrected chi connectivity index (χ1v) is 16.3. The maximum absolute atomic E-state index is 2.50. The second-order valence-corrected chi connectivity index (χ2v) is 13.1. The Kier molecular flexibility index (Phi) is 6.87. The second-order valence-electron chi connectivity index (χ2n) is 9.82. The van der Waals surface area contributed by atoms with Gasteiger partial charge in [0.05, 0.1) is 0 Å². The van der Waals surface area contributed by atoms with E-state index in [4.69, 9.17) is 0 Å². The Balaban J connectivity index is 1.61. The molecule has 194 valence electrons. The van der Waals surface area contributed by atoms with Crippen molar-refractivity contribution in [3.8, 4) is 0 Å². The van der Waals surface area contributed by atoms with Crippen LogP contribution >= 0.6 is 35.3 Å². The highest BCUT2D eigenvalue weighted by Gasteiger charge is 2.42. The highest BCUT2D eigenvalue weighted by atomic mass is 32.2. The minimum atomic E-state index is 0.339. The Bertz CT molecular complexity index is 1120. The van der Waals surface area contributed by atoms with Crippen LogP contribution in [0.5, 0.6) is 0 Å². The van der Waals surface area contributed by atoms with Gasteiger partial charge in [-0.3, -0.25) is 0 Å². The van der Waals surface area contributed by atoms with Crippen LogP contribution in [-0.4, -0.2) is 39.3 Å². The van der Waals surface area contributed by atoms with Gasteiger partial charge in [0.1, 0.15) is 0 Å². The van der Waals surface area contributed by atoms with E-state index < -0.39 is 0 Å². The normalized spacial score (nSPS) is 14.4. The van der Waals surface area contributed by atoms with Crippen LogP contribution in [0.1, 0.15) is 64.2 Å². The van der Waals surface area contributed by atoms with Crippen LogP contribution in [0.4, 0.5) is 17.1 Å². The molecular formula is C31H37N3S3. The van der Waals surface area contributed by atoms with Crippen molar-refractivity contribution in [2.45, 2.75) is 76.8 Å². The monoisotopic (exact) mass is 547 g/mol. The molecule has 6 heteroatoms. The van der Waals surface area contributed by atoms with Crippen molar-refractivity contribution in [2.75, 3.05) is 54.0 Å². The van der Waals surface area contributed by atoms with E-state index in [9.17, 15) is 0 Å². The van der Waals surface area contributed by atoms with Crippen molar-refractivity contribution >= 4 is 52.3 Å². The zero-order chi connectivity index (χ0) is 25.8. The molecule has 3 nitrogen and oxygen atoms in total. The van der Waals surface area contributed by atoms with Crippen molar-refractivity contribution < 1.29 is 0 Å². The van der Waals surface area contributed by atoms with Crippen LogP contribution in [-0.2, 0) is 0 Å². The lowest BCUT2D eigenvalue weighted by Gasteiger charge is -2.41. The molecule has 37 heavy (non-hydrogen) atoms. The number of hydrogen-bond acceptors (Lipinski definition) is 6. The lowest BCUT2D eigenvalue weighted by molar-refractivity contribution is 0.773. The highest BCUT2D eigenvalue weighted by molar-refractivity contribution is 8.01. The van der Waals surface area contributed by atoms with E-state index in [-0.39, 0.29) is 0 Å². The molecule has 0 saturated carbocycles. The first-order chi connectivity index (χ1) is 18.0. The lowest BCUT2D eigenvalue weighted by atomic mass is 9.83. The number of anilines is 3. The zero-order valence-electron chi connectivity index (χ0n) is 22.9.